The summed E-state index contributed by atoms with van der Waals surface area (Å²) in [5.74, 6) is 0. The van der Waals surface area contributed by atoms with Gasteiger partial charge in [-0.05, 0) is 36.1 Å². The van der Waals surface area contributed by atoms with Crippen LogP contribution in [0.25, 0.3) is 32.6 Å². The highest BCUT2D eigenvalue weighted by Crippen LogP contribution is 2.40. The highest BCUT2D eigenvalue weighted by Gasteiger charge is 2.15. The van der Waals surface area contributed by atoms with Crippen molar-refractivity contribution in [3.05, 3.63) is 71.6 Å². The van der Waals surface area contributed by atoms with Gasteiger partial charge in [0.05, 0.1) is 5.69 Å². The first-order chi connectivity index (χ1) is 10.3. The molecule has 1 nitrogen and oxygen atoms in total. The van der Waals surface area contributed by atoms with Crippen LogP contribution >= 0.6 is 11.3 Å². The monoisotopic (exact) mass is 289 g/mol. The van der Waals surface area contributed by atoms with Gasteiger partial charge >= 0.3 is 0 Å². The zero-order valence-corrected chi connectivity index (χ0v) is 12.6. The van der Waals surface area contributed by atoms with E-state index in [1.807, 2.05) is 0 Å². The average Bonchev–Trinajstić information content (AvgIpc) is 3.14. The molecule has 0 saturated carbocycles. The van der Waals surface area contributed by atoms with E-state index in [0.29, 0.717) is 0 Å². The lowest BCUT2D eigenvalue weighted by Crippen LogP contribution is -1.82. The third-order valence-corrected chi connectivity index (χ3v) is 4.67. The molecule has 0 atom stereocenters. The number of rotatable bonds is 2. The van der Waals surface area contributed by atoms with E-state index in [4.69, 9.17) is 0 Å². The number of hydrogen-bond donors (Lipinski definition) is 1. The minimum atomic E-state index is 1.19. The molecule has 0 radical (unpaired) electrons. The van der Waals surface area contributed by atoms with Crippen LogP contribution in [0.1, 0.15) is 5.56 Å². The Morgan fingerprint density at radius 1 is 0.905 bits per heavy atom. The predicted octanol–water partition coefficient (Wildman–Crippen LogP) is 5.87. The van der Waals surface area contributed by atoms with Crippen LogP contribution in [0.3, 0.4) is 0 Å². The fraction of sp³-hybridized carbons (Fsp3) is 0.0526. The quantitative estimate of drug-likeness (QED) is 0.475. The van der Waals surface area contributed by atoms with Gasteiger partial charge in [-0.3, -0.25) is 0 Å². The summed E-state index contributed by atoms with van der Waals surface area (Å²) in [4.78, 5) is 4.91. The van der Waals surface area contributed by atoms with Gasteiger partial charge in [0.15, 0.2) is 0 Å². The minimum Gasteiger partial charge on any atom is -0.354 e. The van der Waals surface area contributed by atoms with Crippen molar-refractivity contribution in [1.29, 1.82) is 0 Å². The summed E-state index contributed by atoms with van der Waals surface area (Å²) in [5.41, 5.74) is 6.24. The van der Waals surface area contributed by atoms with E-state index >= 15 is 0 Å². The van der Waals surface area contributed by atoms with Crippen molar-refractivity contribution in [2.24, 2.45) is 0 Å². The zero-order chi connectivity index (χ0) is 14.2. The molecule has 2 aromatic carbocycles. The van der Waals surface area contributed by atoms with E-state index in [1.54, 1.807) is 11.3 Å². The number of thiophene rings is 1. The number of aromatic amines is 1. The fourth-order valence-corrected chi connectivity index (χ4v) is 3.63. The van der Waals surface area contributed by atoms with Crippen molar-refractivity contribution in [2.45, 2.75) is 6.92 Å². The Kier molecular flexibility index (Phi) is 2.90. The van der Waals surface area contributed by atoms with Crippen molar-refractivity contribution in [1.82, 2.24) is 4.98 Å². The number of fused-ring (bicyclic) bond motifs is 1. The fourth-order valence-electron chi connectivity index (χ4n) is 2.84. The van der Waals surface area contributed by atoms with Crippen LogP contribution in [0.5, 0.6) is 0 Å². The molecule has 0 unspecified atom stereocenters. The standard InChI is InChI=1S/C19H15NS/c1-13-6-4-7-14(12-13)19-18(17-10-5-11-21-17)15-8-2-3-9-16(15)20-19/h2-12,20H,1H3. The van der Waals surface area contributed by atoms with Crippen LogP contribution in [0.2, 0.25) is 0 Å². The summed E-state index contributed by atoms with van der Waals surface area (Å²) < 4.78 is 0. The van der Waals surface area contributed by atoms with Gasteiger partial charge in [-0.1, -0.05) is 48.0 Å². The molecule has 0 amide bonds. The molecule has 21 heavy (non-hydrogen) atoms. The maximum atomic E-state index is 3.60. The zero-order valence-electron chi connectivity index (χ0n) is 11.8. The van der Waals surface area contributed by atoms with Crippen LogP contribution in [0.4, 0.5) is 0 Å². The summed E-state index contributed by atoms with van der Waals surface area (Å²) in [7, 11) is 0. The number of hydrogen-bond acceptors (Lipinski definition) is 1. The Morgan fingerprint density at radius 3 is 2.62 bits per heavy atom. The van der Waals surface area contributed by atoms with E-state index in [1.165, 1.54) is 38.2 Å². The van der Waals surface area contributed by atoms with Crippen molar-refractivity contribution in [3.8, 4) is 21.7 Å². The summed E-state index contributed by atoms with van der Waals surface area (Å²) in [6, 6.07) is 21.5. The van der Waals surface area contributed by atoms with Crippen LogP contribution < -0.4 is 0 Å². The predicted molar refractivity (Wildman–Crippen MR) is 91.8 cm³/mol. The number of nitrogens with one attached hydrogen (secondary N) is 1. The van der Waals surface area contributed by atoms with E-state index in [2.05, 4.69) is 78.0 Å². The Bertz CT molecular complexity index is 900. The average molecular weight is 289 g/mol. The largest absolute Gasteiger partial charge is 0.354 e. The van der Waals surface area contributed by atoms with Gasteiger partial charge in [0.2, 0.25) is 0 Å². The number of para-hydroxylation sites is 1. The van der Waals surface area contributed by atoms with Crippen molar-refractivity contribution >= 4 is 22.2 Å². The smallest absolute Gasteiger partial charge is 0.0552 e. The molecular formula is C19H15NS. The molecule has 1 N–H and O–H groups in total. The molecule has 4 aromatic rings. The Hall–Kier alpha value is -2.32. The molecule has 0 saturated heterocycles. The highest BCUT2D eigenvalue weighted by molar-refractivity contribution is 7.13. The summed E-state index contributed by atoms with van der Waals surface area (Å²) in [6.07, 6.45) is 0. The van der Waals surface area contributed by atoms with Gasteiger partial charge in [-0.25, -0.2) is 0 Å². The molecule has 2 aromatic heterocycles. The Labute approximate surface area is 127 Å². The van der Waals surface area contributed by atoms with Gasteiger partial charge in [-0.2, -0.15) is 0 Å². The molecule has 0 aliphatic carbocycles. The van der Waals surface area contributed by atoms with Crippen molar-refractivity contribution in [3.63, 3.8) is 0 Å². The van der Waals surface area contributed by atoms with Gasteiger partial charge < -0.3 is 4.98 Å². The molecule has 2 heterocycles. The van der Waals surface area contributed by atoms with E-state index in [9.17, 15) is 0 Å². The number of aryl methyl sites for hydroxylation is 1. The molecule has 0 fully saturated rings. The molecule has 102 valence electrons. The SMILES string of the molecule is Cc1cccc(-c2[nH]c3ccccc3c2-c2cccs2)c1. The maximum absolute atomic E-state index is 3.60. The maximum Gasteiger partial charge on any atom is 0.0552 e. The molecule has 2 heteroatoms. The van der Waals surface area contributed by atoms with E-state index in [-0.39, 0.29) is 0 Å². The van der Waals surface area contributed by atoms with Crippen LogP contribution in [0, 0.1) is 6.92 Å². The van der Waals surface area contributed by atoms with Crippen molar-refractivity contribution < 1.29 is 0 Å². The first kappa shape index (κ1) is 12.4. The van der Waals surface area contributed by atoms with Crippen molar-refractivity contribution in [2.75, 3.05) is 0 Å². The second-order valence-corrected chi connectivity index (χ2v) is 6.22. The molecule has 4 rings (SSSR count). The van der Waals surface area contributed by atoms with Crippen LogP contribution in [-0.4, -0.2) is 4.98 Å². The highest BCUT2D eigenvalue weighted by atomic mass is 32.1. The first-order valence-corrected chi connectivity index (χ1v) is 7.92. The second kappa shape index (κ2) is 4.90. The lowest BCUT2D eigenvalue weighted by atomic mass is 10.0. The van der Waals surface area contributed by atoms with Gasteiger partial charge in [0.25, 0.3) is 0 Å². The Morgan fingerprint density at radius 2 is 1.81 bits per heavy atom. The molecule has 0 bridgehead atoms. The third-order valence-electron chi connectivity index (χ3n) is 3.78. The lowest BCUT2D eigenvalue weighted by molar-refractivity contribution is 1.42. The molecular weight excluding hydrogens is 274 g/mol. The summed E-state index contributed by atoms with van der Waals surface area (Å²) >= 11 is 1.79. The number of H-pyrrole nitrogens is 1. The van der Waals surface area contributed by atoms with Crippen LogP contribution in [-0.2, 0) is 0 Å². The van der Waals surface area contributed by atoms with Gasteiger partial charge in [0, 0.05) is 21.3 Å². The number of aromatic nitrogens is 1. The summed E-state index contributed by atoms with van der Waals surface area (Å²) in [5, 5.41) is 3.42. The van der Waals surface area contributed by atoms with Gasteiger partial charge in [0.1, 0.15) is 0 Å². The number of benzene rings is 2. The molecule has 0 aliphatic heterocycles. The Balaban J connectivity index is 2.07. The molecule has 0 aliphatic rings. The first-order valence-electron chi connectivity index (χ1n) is 7.04. The topological polar surface area (TPSA) is 15.8 Å². The lowest BCUT2D eigenvalue weighted by Gasteiger charge is -2.04. The van der Waals surface area contributed by atoms with E-state index < -0.39 is 0 Å². The summed E-state index contributed by atoms with van der Waals surface area (Å²) in [6.45, 7) is 2.14. The normalized spacial score (nSPS) is 11.1. The van der Waals surface area contributed by atoms with Gasteiger partial charge in [-0.15, -0.1) is 11.3 Å². The molecule has 0 spiro atoms. The second-order valence-electron chi connectivity index (χ2n) is 5.27. The third kappa shape index (κ3) is 2.08. The minimum absolute atomic E-state index is 1.19. The van der Waals surface area contributed by atoms with E-state index in [0.717, 1.165) is 0 Å². The van der Waals surface area contributed by atoms with Crippen LogP contribution in [0.15, 0.2) is 66.0 Å².